The highest BCUT2D eigenvalue weighted by atomic mass is 127. The summed E-state index contributed by atoms with van der Waals surface area (Å²) in [7, 11) is 3.83. The first-order chi connectivity index (χ1) is 10.0. The number of hydrogen-bond donors (Lipinski definition) is 1. The molecular weight excluding hydrogens is 411 g/mol. The third kappa shape index (κ3) is 4.74. The van der Waals surface area contributed by atoms with Gasteiger partial charge in [0.2, 0.25) is 0 Å². The predicted octanol–water partition coefficient (Wildman–Crippen LogP) is 1.89. The molecule has 1 N–H and O–H groups in total. The van der Waals surface area contributed by atoms with Gasteiger partial charge >= 0.3 is 0 Å². The van der Waals surface area contributed by atoms with Crippen LogP contribution < -0.4 is 5.32 Å². The van der Waals surface area contributed by atoms with Crippen molar-refractivity contribution in [3.05, 3.63) is 11.6 Å². The van der Waals surface area contributed by atoms with E-state index in [-0.39, 0.29) is 24.0 Å². The molecule has 2 heterocycles. The normalized spacial score (nSPS) is 19.3. The summed E-state index contributed by atoms with van der Waals surface area (Å²) in [4.78, 5) is 6.77. The molecule has 1 fully saturated rings. The molecule has 22 heavy (non-hydrogen) atoms. The van der Waals surface area contributed by atoms with Crippen LogP contribution in [0, 0.1) is 12.8 Å². The van der Waals surface area contributed by atoms with Crippen molar-refractivity contribution >= 4 is 41.7 Å². The first-order valence-electron chi connectivity index (χ1n) is 7.45. The highest BCUT2D eigenvalue weighted by Gasteiger charge is 2.24. The van der Waals surface area contributed by atoms with Crippen LogP contribution in [0.5, 0.6) is 0 Å². The number of halogens is 1. The van der Waals surface area contributed by atoms with Gasteiger partial charge in [-0.05, 0) is 12.8 Å². The van der Waals surface area contributed by atoms with Gasteiger partial charge in [0.1, 0.15) is 5.82 Å². The topological polar surface area (TPSA) is 58.3 Å². The minimum Gasteiger partial charge on any atom is -0.349 e. The lowest BCUT2D eigenvalue weighted by atomic mass is 10.1. The van der Waals surface area contributed by atoms with E-state index in [1.54, 1.807) is 0 Å². The molecule has 1 aliphatic rings. The fourth-order valence-electron chi connectivity index (χ4n) is 2.37. The molecule has 1 unspecified atom stereocenters. The summed E-state index contributed by atoms with van der Waals surface area (Å²) in [6.45, 7) is 9.30. The number of thioether (sulfide) groups is 1. The fraction of sp³-hybridized carbons (Fsp3) is 0.786. The molecule has 1 saturated heterocycles. The number of nitrogens with zero attached hydrogens (tertiary/aromatic N) is 5. The maximum atomic E-state index is 4.42. The van der Waals surface area contributed by atoms with Gasteiger partial charge in [-0.2, -0.15) is 11.8 Å². The van der Waals surface area contributed by atoms with Gasteiger partial charge in [-0.15, -0.1) is 34.2 Å². The first kappa shape index (κ1) is 19.5. The molecule has 0 radical (unpaired) electrons. The summed E-state index contributed by atoms with van der Waals surface area (Å²) in [6.07, 6.45) is 0. The molecule has 0 bridgehead atoms. The zero-order valence-corrected chi connectivity index (χ0v) is 17.2. The van der Waals surface area contributed by atoms with Gasteiger partial charge in [0.05, 0.1) is 6.54 Å². The second-order valence-electron chi connectivity index (χ2n) is 5.72. The van der Waals surface area contributed by atoms with Gasteiger partial charge in [-0.3, -0.25) is 4.99 Å². The molecule has 2 rings (SSSR count). The van der Waals surface area contributed by atoms with E-state index in [1.807, 2.05) is 25.6 Å². The molecular formula is C14H27IN6S. The zero-order valence-electron chi connectivity index (χ0n) is 14.0. The number of hydrogen-bond acceptors (Lipinski definition) is 4. The second-order valence-corrected chi connectivity index (χ2v) is 7.07. The van der Waals surface area contributed by atoms with Crippen molar-refractivity contribution in [2.45, 2.75) is 32.6 Å². The van der Waals surface area contributed by atoms with Crippen LogP contribution in [0.1, 0.15) is 25.5 Å². The molecule has 1 atom stereocenters. The van der Waals surface area contributed by atoms with Gasteiger partial charge in [0.15, 0.2) is 11.8 Å². The molecule has 1 aliphatic heterocycles. The van der Waals surface area contributed by atoms with Crippen molar-refractivity contribution in [3.8, 4) is 0 Å². The van der Waals surface area contributed by atoms with Crippen molar-refractivity contribution in [3.63, 3.8) is 0 Å². The maximum Gasteiger partial charge on any atom is 0.194 e. The molecule has 0 spiro atoms. The Morgan fingerprint density at radius 2 is 2.18 bits per heavy atom. The van der Waals surface area contributed by atoms with Crippen LogP contribution >= 0.6 is 35.7 Å². The molecule has 0 aliphatic carbocycles. The molecule has 126 valence electrons. The van der Waals surface area contributed by atoms with E-state index in [0.717, 1.165) is 36.5 Å². The van der Waals surface area contributed by atoms with Crippen LogP contribution in [-0.4, -0.2) is 56.8 Å². The van der Waals surface area contributed by atoms with Crippen molar-refractivity contribution in [1.82, 2.24) is 25.0 Å². The lowest BCUT2D eigenvalue weighted by Crippen LogP contribution is -2.48. The SMILES string of the molecule is CN=C(NCc1nnc(C)n1C)N1CCSC(C(C)C)C1.I. The van der Waals surface area contributed by atoms with Crippen molar-refractivity contribution in [2.75, 3.05) is 25.9 Å². The molecule has 8 heteroatoms. The Labute approximate surface area is 154 Å². The second kappa shape index (κ2) is 8.95. The number of aromatic nitrogens is 3. The van der Waals surface area contributed by atoms with E-state index >= 15 is 0 Å². The Balaban J connectivity index is 0.00000242. The van der Waals surface area contributed by atoms with Crippen molar-refractivity contribution in [2.24, 2.45) is 18.0 Å². The van der Waals surface area contributed by atoms with Crippen LogP contribution in [0.25, 0.3) is 0 Å². The number of aryl methyl sites for hydroxylation is 1. The van der Waals surface area contributed by atoms with Gasteiger partial charge in [-0.1, -0.05) is 13.8 Å². The smallest absolute Gasteiger partial charge is 0.194 e. The molecule has 6 nitrogen and oxygen atoms in total. The molecule has 0 aromatic carbocycles. The lowest BCUT2D eigenvalue weighted by molar-refractivity contribution is 0.380. The van der Waals surface area contributed by atoms with E-state index in [1.165, 1.54) is 0 Å². The monoisotopic (exact) mass is 438 g/mol. The Morgan fingerprint density at radius 3 is 2.73 bits per heavy atom. The van der Waals surface area contributed by atoms with E-state index < -0.39 is 0 Å². The third-order valence-electron chi connectivity index (χ3n) is 3.94. The quantitative estimate of drug-likeness (QED) is 0.444. The van der Waals surface area contributed by atoms with Gasteiger partial charge in [0, 0.05) is 38.2 Å². The minimum absolute atomic E-state index is 0. The maximum absolute atomic E-state index is 4.42. The first-order valence-corrected chi connectivity index (χ1v) is 8.50. The Kier molecular flexibility index (Phi) is 7.95. The fourth-order valence-corrected chi connectivity index (χ4v) is 3.67. The van der Waals surface area contributed by atoms with E-state index in [9.17, 15) is 0 Å². The zero-order chi connectivity index (χ0) is 15.4. The van der Waals surface area contributed by atoms with Crippen LogP contribution in [0.15, 0.2) is 4.99 Å². The average Bonchev–Trinajstić information content (AvgIpc) is 2.80. The summed E-state index contributed by atoms with van der Waals surface area (Å²) in [5.41, 5.74) is 0. The highest BCUT2D eigenvalue weighted by Crippen LogP contribution is 2.24. The van der Waals surface area contributed by atoms with Gasteiger partial charge in [-0.25, -0.2) is 0 Å². The van der Waals surface area contributed by atoms with Crippen LogP contribution in [-0.2, 0) is 13.6 Å². The number of guanidine groups is 1. The average molecular weight is 438 g/mol. The largest absolute Gasteiger partial charge is 0.349 e. The predicted molar refractivity (Wildman–Crippen MR) is 104 cm³/mol. The van der Waals surface area contributed by atoms with Crippen molar-refractivity contribution in [1.29, 1.82) is 0 Å². The summed E-state index contributed by atoms with van der Waals surface area (Å²) in [5, 5.41) is 12.4. The summed E-state index contributed by atoms with van der Waals surface area (Å²) >= 11 is 2.07. The van der Waals surface area contributed by atoms with Crippen LogP contribution in [0.3, 0.4) is 0 Å². The minimum atomic E-state index is 0. The summed E-state index contributed by atoms with van der Waals surface area (Å²) < 4.78 is 2.00. The number of nitrogens with one attached hydrogen (secondary N) is 1. The molecule has 1 aromatic heterocycles. The van der Waals surface area contributed by atoms with E-state index in [0.29, 0.717) is 17.7 Å². The Morgan fingerprint density at radius 1 is 1.45 bits per heavy atom. The molecule has 1 aromatic rings. The number of rotatable bonds is 3. The number of aliphatic imine (C=N–C) groups is 1. The molecule has 0 saturated carbocycles. The lowest BCUT2D eigenvalue weighted by Gasteiger charge is -2.36. The Bertz CT molecular complexity index is 502. The highest BCUT2D eigenvalue weighted by molar-refractivity contribution is 14.0. The van der Waals surface area contributed by atoms with Gasteiger partial charge < -0.3 is 14.8 Å². The summed E-state index contributed by atoms with van der Waals surface area (Å²) in [6, 6.07) is 0. The third-order valence-corrected chi connectivity index (χ3v) is 5.48. The van der Waals surface area contributed by atoms with Gasteiger partial charge in [0.25, 0.3) is 0 Å². The van der Waals surface area contributed by atoms with E-state index in [2.05, 4.69) is 51.0 Å². The Hall–Kier alpha value is -0.510. The summed E-state index contributed by atoms with van der Waals surface area (Å²) in [5.74, 6) is 4.67. The van der Waals surface area contributed by atoms with Crippen molar-refractivity contribution < 1.29 is 0 Å². The molecule has 0 amide bonds. The van der Waals surface area contributed by atoms with E-state index in [4.69, 9.17) is 0 Å². The standard InChI is InChI=1S/C14H26N6S.HI/c1-10(2)12-9-20(6-7-21-12)14(15-4)16-8-13-18-17-11(3)19(13)5;/h10,12H,6-9H2,1-5H3,(H,15,16);1H. The van der Waals surface area contributed by atoms with Crippen LogP contribution in [0.2, 0.25) is 0 Å². The van der Waals surface area contributed by atoms with Crippen LogP contribution in [0.4, 0.5) is 0 Å².